The van der Waals surface area contributed by atoms with Gasteiger partial charge in [0.15, 0.2) is 6.54 Å². The van der Waals surface area contributed by atoms with Crippen LogP contribution in [0, 0.1) is 0 Å². The molecule has 5 rings (SSSR count). The Morgan fingerprint density at radius 2 is 1.84 bits per heavy atom. The topological polar surface area (TPSA) is 126 Å². The van der Waals surface area contributed by atoms with Crippen molar-refractivity contribution in [3.8, 4) is 5.75 Å². The summed E-state index contributed by atoms with van der Waals surface area (Å²) < 4.78 is 67.1. The second-order valence-electron chi connectivity index (χ2n) is 11.4. The van der Waals surface area contributed by atoms with Crippen LogP contribution in [0.2, 0.25) is 0 Å². The molecule has 10 nitrogen and oxygen atoms in total. The summed E-state index contributed by atoms with van der Waals surface area (Å²) in [5.41, 5.74) is 2.05. The summed E-state index contributed by atoms with van der Waals surface area (Å²) in [7, 11) is -1.44. The fourth-order valence-electron chi connectivity index (χ4n) is 5.95. The molecule has 1 unspecified atom stereocenters. The largest absolute Gasteiger partial charge is 0.495 e. The van der Waals surface area contributed by atoms with Crippen LogP contribution in [0.5, 0.6) is 5.75 Å². The number of nitrogens with zero attached hydrogens (tertiary/aromatic N) is 3. The molecular formula is C31H36F3N5O5P+. The molecule has 2 heterocycles. The number of halogens is 3. The van der Waals surface area contributed by atoms with Gasteiger partial charge in [-0.3, -0.25) is 4.57 Å². The third-order valence-corrected chi connectivity index (χ3v) is 9.81. The lowest BCUT2D eigenvalue weighted by Crippen LogP contribution is -2.18. The van der Waals surface area contributed by atoms with Gasteiger partial charge in [-0.05, 0) is 67.9 Å². The van der Waals surface area contributed by atoms with E-state index < -0.39 is 30.8 Å². The van der Waals surface area contributed by atoms with E-state index in [1.807, 2.05) is 6.07 Å². The molecule has 2 aromatic carbocycles. The average Bonchev–Trinajstić information content (AvgIpc) is 3.28. The quantitative estimate of drug-likeness (QED) is 0.161. The summed E-state index contributed by atoms with van der Waals surface area (Å²) in [5.74, 6) is -0.624. The molecule has 14 heteroatoms. The fraction of sp³-hybridized carbons (Fsp3) is 0.419. The van der Waals surface area contributed by atoms with Crippen molar-refractivity contribution in [3.05, 3.63) is 64.3 Å². The zero-order valence-corrected chi connectivity index (χ0v) is 26.2. The highest BCUT2D eigenvalue weighted by Crippen LogP contribution is 2.47. The van der Waals surface area contributed by atoms with Crippen LogP contribution in [0.25, 0.3) is 0 Å². The summed E-state index contributed by atoms with van der Waals surface area (Å²) in [6, 6.07) is 8.43. The molecular weight excluding hydrogens is 610 g/mol. The van der Waals surface area contributed by atoms with Crippen molar-refractivity contribution >= 4 is 43.1 Å². The van der Waals surface area contributed by atoms with Gasteiger partial charge in [0.2, 0.25) is 13.3 Å². The third-order valence-electron chi connectivity index (χ3n) is 8.07. The van der Waals surface area contributed by atoms with Crippen LogP contribution in [0.15, 0.2) is 36.5 Å². The standard InChI is InChI=1S/C31H35F3N5O5P/c1-5-44-45(4,42)17-18-6-12-24(26(14-18)43-3)37-30-35-15-23(31(32,33)34)28(38-30)36-25-13-11-21(19-7-9-20(40)10-8-19)22-16-39(2)29(41)27(22)25/h6,11-15,19-20,40H,2,5,7-10,16-17H2,1,3-4H3,(H-,35,36,37,38,41)/p+1. The smallest absolute Gasteiger partial charge is 0.421 e. The van der Waals surface area contributed by atoms with Crippen LogP contribution in [-0.2, 0) is 28.0 Å². The molecule has 1 aromatic heterocycles. The lowest BCUT2D eigenvalue weighted by molar-refractivity contribution is -0.428. The first-order chi connectivity index (χ1) is 21.3. The molecule has 1 fully saturated rings. The Morgan fingerprint density at radius 1 is 1.13 bits per heavy atom. The molecule has 1 saturated carbocycles. The number of nitrogens with one attached hydrogen (secondary N) is 2. The maximum atomic E-state index is 14.1. The molecule has 240 valence electrons. The van der Waals surface area contributed by atoms with Crippen molar-refractivity contribution < 1.29 is 41.5 Å². The molecule has 1 aliphatic carbocycles. The molecule has 1 amide bonds. The van der Waals surface area contributed by atoms with Crippen molar-refractivity contribution in [2.24, 2.45) is 0 Å². The number of rotatable bonds is 10. The zero-order valence-electron chi connectivity index (χ0n) is 25.3. The number of methoxy groups -OCH3 is 1. The van der Waals surface area contributed by atoms with Gasteiger partial charge in [-0.2, -0.15) is 22.7 Å². The summed E-state index contributed by atoms with van der Waals surface area (Å²) in [6.45, 7) is 7.67. The predicted molar refractivity (Wildman–Crippen MR) is 165 cm³/mol. The number of benzene rings is 2. The van der Waals surface area contributed by atoms with Crippen molar-refractivity contribution in [1.29, 1.82) is 0 Å². The van der Waals surface area contributed by atoms with Crippen LogP contribution in [-0.4, -0.2) is 58.8 Å². The lowest BCUT2D eigenvalue weighted by Gasteiger charge is -2.27. The molecule has 1 aliphatic heterocycles. The second kappa shape index (κ2) is 12.9. The molecule has 0 saturated heterocycles. The highest BCUT2D eigenvalue weighted by molar-refractivity contribution is 7.57. The number of ether oxygens (including phenoxy) is 1. The second-order valence-corrected chi connectivity index (χ2v) is 14.0. The number of carbonyl (C=O) groups is 1. The van der Waals surface area contributed by atoms with Crippen LogP contribution in [0.1, 0.15) is 71.1 Å². The Morgan fingerprint density at radius 3 is 2.51 bits per heavy atom. The minimum atomic E-state index is -4.79. The van der Waals surface area contributed by atoms with Gasteiger partial charge in [-0.1, -0.05) is 12.1 Å². The Hall–Kier alpha value is -3.80. The van der Waals surface area contributed by atoms with Crippen LogP contribution >= 0.6 is 7.37 Å². The summed E-state index contributed by atoms with van der Waals surface area (Å²) in [4.78, 5) is 21.2. The minimum absolute atomic E-state index is 0.126. The number of carbonyl (C=O) groups excluding carboxylic acids is 1. The average molecular weight is 647 g/mol. The number of aromatic nitrogens is 2. The molecule has 0 radical (unpaired) electrons. The number of fused-ring (bicyclic) bond motifs is 1. The monoisotopic (exact) mass is 646 g/mol. The number of alkyl halides is 3. The first-order valence-corrected chi connectivity index (χ1v) is 16.9. The lowest BCUT2D eigenvalue weighted by atomic mass is 9.80. The van der Waals surface area contributed by atoms with Gasteiger partial charge in [0, 0.05) is 24.6 Å². The van der Waals surface area contributed by atoms with Crippen molar-refractivity contribution in [3.63, 3.8) is 0 Å². The number of hydrogen-bond donors (Lipinski definition) is 3. The third kappa shape index (κ3) is 7.21. The maximum absolute atomic E-state index is 14.1. The maximum Gasteiger partial charge on any atom is 0.421 e. The Balaban J connectivity index is 1.48. The van der Waals surface area contributed by atoms with E-state index in [0.717, 1.165) is 18.4 Å². The molecule has 45 heavy (non-hydrogen) atoms. The predicted octanol–water partition coefficient (Wildman–Crippen LogP) is 6.82. The first-order valence-electron chi connectivity index (χ1n) is 14.6. The summed E-state index contributed by atoms with van der Waals surface area (Å²) >= 11 is 0. The Bertz CT molecular complexity index is 1670. The summed E-state index contributed by atoms with van der Waals surface area (Å²) in [6.07, 6.45) is -1.50. The van der Waals surface area contributed by atoms with Crippen LogP contribution in [0.4, 0.5) is 36.3 Å². The van der Waals surface area contributed by atoms with Gasteiger partial charge < -0.3 is 25.0 Å². The SMILES string of the molecule is C=[N+]1Cc2c(C3CCC(O)CC3)ccc(Nc3nc(Nc4ccc(CP(C)(=O)OCC)cc4OC)ncc3C(F)(F)F)c2C1=O. The van der Waals surface area contributed by atoms with Gasteiger partial charge >= 0.3 is 12.1 Å². The van der Waals surface area contributed by atoms with E-state index in [9.17, 15) is 27.6 Å². The number of hydrogen-bond acceptors (Lipinski definition) is 9. The van der Waals surface area contributed by atoms with Crippen LogP contribution in [0.3, 0.4) is 0 Å². The highest BCUT2D eigenvalue weighted by Gasteiger charge is 2.40. The van der Waals surface area contributed by atoms with E-state index in [2.05, 4.69) is 27.3 Å². The molecule has 0 bridgehead atoms. The normalized spacial score (nSPS) is 19.6. The Labute approximate surface area is 259 Å². The van der Waals surface area contributed by atoms with E-state index >= 15 is 0 Å². The van der Waals surface area contributed by atoms with Gasteiger partial charge in [-0.15, -0.1) is 0 Å². The van der Waals surface area contributed by atoms with Crippen molar-refractivity contribution in [2.75, 3.05) is 31.0 Å². The molecule has 3 aromatic rings. The molecule has 3 N–H and O–H groups in total. The van der Waals surface area contributed by atoms with Gasteiger partial charge in [-0.25, -0.2) is 9.78 Å². The van der Waals surface area contributed by atoms with Crippen molar-refractivity contribution in [2.45, 2.75) is 63.5 Å². The highest BCUT2D eigenvalue weighted by atomic mass is 31.2. The van der Waals surface area contributed by atoms with Crippen LogP contribution < -0.4 is 15.4 Å². The zero-order chi connectivity index (χ0) is 32.5. The molecule has 2 aliphatic rings. The van der Waals surface area contributed by atoms with Gasteiger partial charge in [0.1, 0.15) is 29.4 Å². The van der Waals surface area contributed by atoms with E-state index in [0.29, 0.717) is 48.2 Å². The minimum Gasteiger partial charge on any atom is -0.495 e. The van der Waals surface area contributed by atoms with E-state index in [1.165, 1.54) is 11.7 Å². The van der Waals surface area contributed by atoms with Crippen molar-refractivity contribution in [1.82, 2.24) is 9.97 Å². The van der Waals surface area contributed by atoms with E-state index in [4.69, 9.17) is 9.26 Å². The van der Waals surface area contributed by atoms with Gasteiger partial charge in [0.05, 0.1) is 31.2 Å². The molecule has 1 atom stereocenters. The Kier molecular flexibility index (Phi) is 9.34. The van der Waals surface area contributed by atoms with Gasteiger partial charge in [0.25, 0.3) is 0 Å². The number of aliphatic hydroxyl groups excluding tert-OH is 1. The fourth-order valence-corrected chi connectivity index (χ4v) is 7.45. The number of aliphatic hydroxyl groups is 1. The first kappa shape index (κ1) is 32.6. The molecule has 0 spiro atoms. The van der Waals surface area contributed by atoms with E-state index in [-0.39, 0.29) is 41.9 Å². The van der Waals surface area contributed by atoms with E-state index in [1.54, 1.807) is 37.9 Å². The number of anilines is 4. The summed E-state index contributed by atoms with van der Waals surface area (Å²) in [5, 5.41) is 15.6. The number of amides is 1.